The Morgan fingerprint density at radius 3 is 2.86 bits per heavy atom. The third-order valence-corrected chi connectivity index (χ3v) is 3.96. The van der Waals surface area contributed by atoms with Crippen molar-refractivity contribution in [3.05, 3.63) is 40.6 Å². The first-order valence-electron chi connectivity index (χ1n) is 6.81. The normalized spacial score (nSPS) is 10.6. The topological polar surface area (TPSA) is 55.0 Å². The molecule has 0 saturated heterocycles. The summed E-state index contributed by atoms with van der Waals surface area (Å²) in [5.41, 5.74) is 1.88. The lowest BCUT2D eigenvalue weighted by Crippen LogP contribution is -2.35. The fraction of sp³-hybridized carbons (Fsp3) is 0.429. The van der Waals surface area contributed by atoms with E-state index in [0.717, 1.165) is 41.7 Å². The number of hydrogen-bond acceptors (Lipinski definition) is 3. The van der Waals surface area contributed by atoms with Gasteiger partial charge in [-0.05, 0) is 44.6 Å². The van der Waals surface area contributed by atoms with E-state index in [1.807, 2.05) is 30.7 Å². The number of thiocarbonyl (C=S) groups is 1. The van der Waals surface area contributed by atoms with Gasteiger partial charge in [0, 0.05) is 13.1 Å². The second-order valence-electron chi connectivity index (χ2n) is 4.75. The number of nitrogens with zero attached hydrogens (tertiary/aromatic N) is 2. The predicted octanol–water partition coefficient (Wildman–Crippen LogP) is 2.80. The summed E-state index contributed by atoms with van der Waals surface area (Å²) in [6, 6.07) is 3.76. The van der Waals surface area contributed by atoms with Crippen LogP contribution in [0.3, 0.4) is 0 Å². The second kappa shape index (κ2) is 7.47. The standard InChI is InChI=1S/C14H19ClN4OS/c1-10-13(15)11(2)19(18-10)7-4-6-16-14(21)17-9-12-5-3-8-20-12/h3,5,8H,4,6-7,9H2,1-2H3,(H2,16,17,21). The number of hydrogen-bond donors (Lipinski definition) is 2. The Morgan fingerprint density at radius 1 is 1.43 bits per heavy atom. The van der Waals surface area contributed by atoms with Crippen molar-refractivity contribution in [2.24, 2.45) is 0 Å². The summed E-state index contributed by atoms with van der Waals surface area (Å²) >= 11 is 11.3. The lowest BCUT2D eigenvalue weighted by molar-refractivity contribution is 0.501. The minimum Gasteiger partial charge on any atom is -0.467 e. The van der Waals surface area contributed by atoms with E-state index in [-0.39, 0.29) is 0 Å². The van der Waals surface area contributed by atoms with E-state index in [1.54, 1.807) is 6.26 Å². The van der Waals surface area contributed by atoms with E-state index in [2.05, 4.69) is 15.7 Å². The van der Waals surface area contributed by atoms with Crippen molar-refractivity contribution >= 4 is 28.9 Å². The summed E-state index contributed by atoms with van der Waals surface area (Å²) in [7, 11) is 0. The van der Waals surface area contributed by atoms with Gasteiger partial charge in [0.1, 0.15) is 5.76 Å². The minimum atomic E-state index is 0.589. The van der Waals surface area contributed by atoms with Crippen molar-refractivity contribution in [1.29, 1.82) is 0 Å². The van der Waals surface area contributed by atoms with Gasteiger partial charge in [-0.1, -0.05) is 11.6 Å². The Balaban J connectivity index is 1.65. The largest absolute Gasteiger partial charge is 0.467 e. The molecule has 5 nitrogen and oxygen atoms in total. The Bertz CT molecular complexity index is 594. The molecule has 0 aliphatic heterocycles. The third-order valence-electron chi connectivity index (χ3n) is 3.13. The highest BCUT2D eigenvalue weighted by Crippen LogP contribution is 2.18. The minimum absolute atomic E-state index is 0.589. The zero-order chi connectivity index (χ0) is 15.2. The van der Waals surface area contributed by atoms with Crippen LogP contribution in [0, 0.1) is 13.8 Å². The molecule has 2 aromatic rings. The lowest BCUT2D eigenvalue weighted by Gasteiger charge is -2.10. The van der Waals surface area contributed by atoms with Gasteiger partial charge in [-0.3, -0.25) is 4.68 Å². The molecule has 0 aliphatic carbocycles. The van der Waals surface area contributed by atoms with Crippen molar-refractivity contribution < 1.29 is 4.42 Å². The van der Waals surface area contributed by atoms with E-state index < -0.39 is 0 Å². The highest BCUT2D eigenvalue weighted by Gasteiger charge is 2.08. The lowest BCUT2D eigenvalue weighted by atomic mass is 10.4. The molecule has 0 aliphatic rings. The summed E-state index contributed by atoms with van der Waals surface area (Å²) in [5.74, 6) is 0.858. The summed E-state index contributed by atoms with van der Waals surface area (Å²) < 4.78 is 7.15. The van der Waals surface area contributed by atoms with Crippen LogP contribution in [0.2, 0.25) is 5.02 Å². The predicted molar refractivity (Wildman–Crippen MR) is 87.5 cm³/mol. The number of aryl methyl sites for hydroxylation is 2. The van der Waals surface area contributed by atoms with Crippen LogP contribution >= 0.6 is 23.8 Å². The van der Waals surface area contributed by atoms with Crippen LogP contribution in [-0.2, 0) is 13.1 Å². The van der Waals surface area contributed by atoms with Gasteiger partial charge in [0.15, 0.2) is 5.11 Å². The second-order valence-corrected chi connectivity index (χ2v) is 5.54. The van der Waals surface area contributed by atoms with Gasteiger partial charge < -0.3 is 15.1 Å². The summed E-state index contributed by atoms with van der Waals surface area (Å²) in [5, 5.41) is 12.0. The zero-order valence-corrected chi connectivity index (χ0v) is 13.7. The summed E-state index contributed by atoms with van der Waals surface area (Å²) in [6.07, 6.45) is 2.56. The Morgan fingerprint density at radius 2 is 2.24 bits per heavy atom. The summed E-state index contributed by atoms with van der Waals surface area (Å²) in [6.45, 7) is 6.07. The molecule has 2 N–H and O–H groups in total. The van der Waals surface area contributed by atoms with Crippen molar-refractivity contribution in [2.75, 3.05) is 6.54 Å². The molecular weight excluding hydrogens is 308 g/mol. The van der Waals surface area contributed by atoms with Crippen molar-refractivity contribution in [3.8, 4) is 0 Å². The average molecular weight is 327 g/mol. The van der Waals surface area contributed by atoms with Gasteiger partial charge in [0.05, 0.1) is 29.2 Å². The first-order valence-corrected chi connectivity index (χ1v) is 7.60. The molecule has 0 spiro atoms. The number of furan rings is 1. The Labute approximate surface area is 134 Å². The SMILES string of the molecule is Cc1nn(CCCNC(=S)NCc2ccco2)c(C)c1Cl. The molecule has 7 heteroatoms. The van der Waals surface area contributed by atoms with Crippen LogP contribution in [-0.4, -0.2) is 21.4 Å². The average Bonchev–Trinajstić information content (AvgIpc) is 3.06. The number of rotatable bonds is 6. The molecule has 0 atom stereocenters. The van der Waals surface area contributed by atoms with Crippen LogP contribution in [0.25, 0.3) is 0 Å². The van der Waals surface area contributed by atoms with Gasteiger partial charge in [0.25, 0.3) is 0 Å². The maximum Gasteiger partial charge on any atom is 0.166 e. The molecule has 0 radical (unpaired) electrons. The molecule has 2 rings (SSSR count). The molecule has 21 heavy (non-hydrogen) atoms. The van der Waals surface area contributed by atoms with E-state index >= 15 is 0 Å². The molecule has 0 aromatic carbocycles. The molecule has 0 amide bonds. The molecule has 0 saturated carbocycles. The van der Waals surface area contributed by atoms with Gasteiger partial charge in [-0.25, -0.2) is 0 Å². The Kier molecular flexibility index (Phi) is 5.64. The molecule has 114 valence electrons. The molecule has 0 fully saturated rings. The van der Waals surface area contributed by atoms with E-state index in [9.17, 15) is 0 Å². The van der Waals surface area contributed by atoms with Crippen LogP contribution in [0.15, 0.2) is 22.8 Å². The molecule has 0 bridgehead atoms. The fourth-order valence-corrected chi connectivity index (χ4v) is 2.28. The van der Waals surface area contributed by atoms with Crippen LogP contribution in [0.4, 0.5) is 0 Å². The van der Waals surface area contributed by atoms with Crippen molar-refractivity contribution in [3.63, 3.8) is 0 Å². The highest BCUT2D eigenvalue weighted by molar-refractivity contribution is 7.80. The highest BCUT2D eigenvalue weighted by atomic mass is 35.5. The van der Waals surface area contributed by atoms with Gasteiger partial charge in [-0.2, -0.15) is 5.10 Å². The van der Waals surface area contributed by atoms with Crippen LogP contribution in [0.5, 0.6) is 0 Å². The first kappa shape index (κ1) is 15.9. The van der Waals surface area contributed by atoms with Gasteiger partial charge in [-0.15, -0.1) is 0 Å². The third kappa shape index (κ3) is 4.47. The van der Waals surface area contributed by atoms with Gasteiger partial charge >= 0.3 is 0 Å². The smallest absolute Gasteiger partial charge is 0.166 e. The van der Waals surface area contributed by atoms with E-state index in [4.69, 9.17) is 28.2 Å². The fourth-order valence-electron chi connectivity index (χ4n) is 1.97. The molecule has 0 unspecified atom stereocenters. The van der Waals surface area contributed by atoms with Crippen LogP contribution < -0.4 is 10.6 Å². The maximum absolute atomic E-state index is 6.11. The van der Waals surface area contributed by atoms with E-state index in [1.165, 1.54) is 0 Å². The molecular formula is C14H19ClN4OS. The van der Waals surface area contributed by atoms with E-state index in [0.29, 0.717) is 11.7 Å². The monoisotopic (exact) mass is 326 g/mol. The van der Waals surface area contributed by atoms with Crippen LogP contribution in [0.1, 0.15) is 23.6 Å². The zero-order valence-electron chi connectivity index (χ0n) is 12.1. The number of nitrogens with one attached hydrogen (secondary N) is 2. The summed E-state index contributed by atoms with van der Waals surface area (Å²) in [4.78, 5) is 0. The maximum atomic E-state index is 6.11. The van der Waals surface area contributed by atoms with Gasteiger partial charge in [0.2, 0.25) is 0 Å². The van der Waals surface area contributed by atoms with Crippen molar-refractivity contribution in [1.82, 2.24) is 20.4 Å². The quantitative estimate of drug-likeness (QED) is 0.631. The number of halogens is 1. The number of aromatic nitrogens is 2. The molecule has 2 heterocycles. The van der Waals surface area contributed by atoms with Crippen molar-refractivity contribution in [2.45, 2.75) is 33.4 Å². The first-order chi connectivity index (χ1) is 10.1. The molecule has 2 aromatic heterocycles. The Hall–Kier alpha value is -1.53.